The number of halogens is 1. The van der Waals surface area contributed by atoms with E-state index in [0.717, 1.165) is 80.3 Å². The monoisotopic (exact) mass is 611 g/mol. The third-order valence-electron chi connectivity index (χ3n) is 11.2. The fourth-order valence-electron chi connectivity index (χ4n) is 9.03. The van der Waals surface area contributed by atoms with Crippen LogP contribution >= 0.6 is 0 Å². The van der Waals surface area contributed by atoms with E-state index in [4.69, 9.17) is 14.7 Å². The van der Waals surface area contributed by atoms with Crippen molar-refractivity contribution in [3.63, 3.8) is 0 Å². The van der Waals surface area contributed by atoms with Crippen LogP contribution in [0, 0.1) is 11.2 Å². The molecule has 0 spiro atoms. The molecule has 2 N–H and O–H groups in total. The normalized spacial score (nSPS) is 26.5. The zero-order valence-corrected chi connectivity index (χ0v) is 26.2. The van der Waals surface area contributed by atoms with E-state index in [1.54, 1.807) is 12.1 Å². The lowest BCUT2D eigenvalue weighted by molar-refractivity contribution is -0.137. The van der Waals surface area contributed by atoms with Gasteiger partial charge in [-0.2, -0.15) is 9.97 Å². The van der Waals surface area contributed by atoms with Crippen LogP contribution in [-0.4, -0.2) is 71.5 Å². The molecule has 4 unspecified atom stereocenters. The van der Waals surface area contributed by atoms with Gasteiger partial charge in [0.1, 0.15) is 11.3 Å². The van der Waals surface area contributed by atoms with Gasteiger partial charge in [-0.15, -0.1) is 0 Å². The standard InChI is InChI=1S/C36H42FN5O3/c1-3-22-7-4-8-23-17-26(45-43)18-29(31(22)23)27-12-13-28-33(32(27)37)39-35(40-34(28)42-19-24-10-11-25(20-42)38-24)44-21-36-14-5-9-30(36)41(2)16-6-15-36/h4,7-8,12-13,17-18,24-25,30,38,43H,3,5-6,9-11,14-16,19-21H2,1-2H3. The molecule has 8 rings (SSSR count). The minimum Gasteiger partial charge on any atom is -0.463 e. The number of rotatable bonds is 7. The van der Waals surface area contributed by atoms with Crippen LogP contribution in [0.5, 0.6) is 11.8 Å². The highest BCUT2D eigenvalue weighted by Gasteiger charge is 2.47. The van der Waals surface area contributed by atoms with E-state index in [1.807, 2.05) is 24.3 Å². The molecule has 8 nitrogen and oxygen atoms in total. The highest BCUT2D eigenvalue weighted by Crippen LogP contribution is 2.48. The number of likely N-dealkylation sites (tertiary alicyclic amines) is 1. The van der Waals surface area contributed by atoms with E-state index in [9.17, 15) is 5.26 Å². The summed E-state index contributed by atoms with van der Waals surface area (Å²) >= 11 is 0. The maximum absolute atomic E-state index is 17.0. The van der Waals surface area contributed by atoms with Gasteiger partial charge >= 0.3 is 6.01 Å². The highest BCUT2D eigenvalue weighted by molar-refractivity contribution is 6.03. The van der Waals surface area contributed by atoms with E-state index in [1.165, 1.54) is 12.8 Å². The molecule has 4 aromatic rings. The minimum atomic E-state index is -0.421. The Labute approximate surface area is 263 Å². The first kappa shape index (κ1) is 28.9. The lowest BCUT2D eigenvalue weighted by Crippen LogP contribution is -2.51. The molecule has 4 aliphatic rings. The first-order valence-corrected chi connectivity index (χ1v) is 16.7. The summed E-state index contributed by atoms with van der Waals surface area (Å²) in [6, 6.07) is 14.8. The highest BCUT2D eigenvalue weighted by atomic mass is 19.1. The fourth-order valence-corrected chi connectivity index (χ4v) is 9.03. The van der Waals surface area contributed by atoms with E-state index in [-0.39, 0.29) is 22.7 Å². The number of ether oxygens (including phenoxy) is 1. The van der Waals surface area contributed by atoms with Gasteiger partial charge in [0.25, 0.3) is 0 Å². The van der Waals surface area contributed by atoms with Gasteiger partial charge in [-0.1, -0.05) is 37.6 Å². The first-order chi connectivity index (χ1) is 22.0. The van der Waals surface area contributed by atoms with Crippen LogP contribution in [0.15, 0.2) is 42.5 Å². The Morgan fingerprint density at radius 1 is 1.02 bits per heavy atom. The van der Waals surface area contributed by atoms with Crippen LogP contribution in [0.25, 0.3) is 32.8 Å². The molecular formula is C36H42FN5O3. The summed E-state index contributed by atoms with van der Waals surface area (Å²) in [6.07, 6.45) is 8.89. The number of benzene rings is 3. The van der Waals surface area contributed by atoms with E-state index < -0.39 is 5.82 Å². The SMILES string of the molecule is CCc1cccc2cc(OO)cc(-c3ccc4c(N5CC6CCC(C5)N6)nc(OCC56CCCC5N(C)CCC6)nc4c3F)c12. The molecule has 1 saturated carbocycles. The number of piperazine rings is 1. The van der Waals surface area contributed by atoms with Gasteiger partial charge < -0.3 is 24.7 Å². The van der Waals surface area contributed by atoms with Crippen molar-refractivity contribution in [1.29, 1.82) is 0 Å². The van der Waals surface area contributed by atoms with Gasteiger partial charge in [-0.3, -0.25) is 0 Å². The maximum atomic E-state index is 17.0. The van der Waals surface area contributed by atoms with Crippen LogP contribution < -0.4 is 19.8 Å². The first-order valence-electron chi connectivity index (χ1n) is 16.7. The molecule has 236 valence electrons. The summed E-state index contributed by atoms with van der Waals surface area (Å²) in [5, 5.41) is 15.8. The Hall–Kier alpha value is -3.53. The zero-order valence-electron chi connectivity index (χ0n) is 26.2. The molecule has 4 atom stereocenters. The second-order valence-corrected chi connectivity index (χ2v) is 13.8. The van der Waals surface area contributed by atoms with Crippen LogP contribution in [0.3, 0.4) is 0 Å². The Morgan fingerprint density at radius 3 is 2.64 bits per heavy atom. The molecular weight excluding hydrogens is 569 g/mol. The molecule has 2 bridgehead atoms. The van der Waals surface area contributed by atoms with Crippen LogP contribution in [0.4, 0.5) is 10.2 Å². The van der Waals surface area contributed by atoms with Crippen molar-refractivity contribution in [2.24, 2.45) is 5.41 Å². The predicted molar refractivity (Wildman–Crippen MR) is 175 cm³/mol. The summed E-state index contributed by atoms with van der Waals surface area (Å²) in [7, 11) is 2.23. The molecule has 1 aromatic heterocycles. The van der Waals surface area contributed by atoms with Crippen molar-refractivity contribution in [3.8, 4) is 22.9 Å². The second-order valence-electron chi connectivity index (χ2n) is 13.8. The quantitative estimate of drug-likeness (QED) is 0.179. The number of hydrogen-bond acceptors (Lipinski definition) is 8. The number of fused-ring (bicyclic) bond motifs is 5. The lowest BCUT2D eigenvalue weighted by Gasteiger charge is -2.44. The van der Waals surface area contributed by atoms with E-state index in [0.29, 0.717) is 41.2 Å². The van der Waals surface area contributed by atoms with E-state index >= 15 is 4.39 Å². The molecule has 4 heterocycles. The Bertz CT molecular complexity index is 1750. The van der Waals surface area contributed by atoms with Crippen molar-refractivity contribution in [1.82, 2.24) is 20.2 Å². The van der Waals surface area contributed by atoms with E-state index in [2.05, 4.69) is 40.0 Å². The predicted octanol–water partition coefficient (Wildman–Crippen LogP) is 6.59. The number of piperidine rings is 1. The van der Waals surface area contributed by atoms with Crippen molar-refractivity contribution in [2.75, 3.05) is 38.2 Å². The molecule has 45 heavy (non-hydrogen) atoms. The van der Waals surface area contributed by atoms with Crippen LogP contribution in [-0.2, 0) is 6.42 Å². The smallest absolute Gasteiger partial charge is 0.319 e. The van der Waals surface area contributed by atoms with Crippen LogP contribution in [0.2, 0.25) is 0 Å². The number of hydrogen-bond donors (Lipinski definition) is 2. The second kappa shape index (κ2) is 11.4. The molecule has 0 amide bonds. The van der Waals surface area contributed by atoms with Crippen LogP contribution in [0.1, 0.15) is 57.4 Å². The largest absolute Gasteiger partial charge is 0.463 e. The number of anilines is 1. The summed E-state index contributed by atoms with van der Waals surface area (Å²) in [4.78, 5) is 19.3. The van der Waals surface area contributed by atoms with Crippen molar-refractivity contribution >= 4 is 27.5 Å². The Kier molecular flexibility index (Phi) is 7.30. The molecule has 1 aliphatic carbocycles. The van der Waals surface area contributed by atoms with Gasteiger partial charge in [-0.25, -0.2) is 9.65 Å². The topological polar surface area (TPSA) is 83.0 Å². The molecule has 3 saturated heterocycles. The summed E-state index contributed by atoms with van der Waals surface area (Å²) in [5.74, 6) is 0.583. The summed E-state index contributed by atoms with van der Waals surface area (Å²) in [5.41, 5.74) is 2.51. The van der Waals surface area contributed by atoms with Gasteiger partial charge in [0.2, 0.25) is 0 Å². The average molecular weight is 612 g/mol. The third-order valence-corrected chi connectivity index (χ3v) is 11.2. The van der Waals surface area contributed by atoms with Gasteiger partial charge in [0.05, 0.1) is 6.61 Å². The average Bonchev–Trinajstić information content (AvgIpc) is 3.66. The Balaban J connectivity index is 1.26. The lowest BCUT2D eigenvalue weighted by atomic mass is 9.76. The number of aryl methyl sites for hydroxylation is 1. The zero-order chi connectivity index (χ0) is 30.7. The number of aromatic nitrogens is 2. The third kappa shape index (κ3) is 4.91. The minimum absolute atomic E-state index is 0.0836. The van der Waals surface area contributed by atoms with Crippen molar-refractivity contribution < 1.29 is 19.3 Å². The van der Waals surface area contributed by atoms with Gasteiger partial charge in [0, 0.05) is 47.6 Å². The summed E-state index contributed by atoms with van der Waals surface area (Å²) in [6.45, 7) is 5.40. The van der Waals surface area contributed by atoms with Crippen molar-refractivity contribution in [2.45, 2.75) is 76.4 Å². The maximum Gasteiger partial charge on any atom is 0.319 e. The Morgan fingerprint density at radius 2 is 1.84 bits per heavy atom. The van der Waals surface area contributed by atoms with Gasteiger partial charge in [0.15, 0.2) is 11.6 Å². The molecule has 3 aliphatic heterocycles. The molecule has 3 aromatic carbocycles. The number of nitrogens with one attached hydrogen (secondary N) is 1. The van der Waals surface area contributed by atoms with Crippen molar-refractivity contribution in [3.05, 3.63) is 53.8 Å². The summed E-state index contributed by atoms with van der Waals surface area (Å²) < 4.78 is 23.6. The molecule has 4 fully saturated rings. The number of nitrogens with zero attached hydrogens (tertiary/aromatic N) is 4. The molecule has 9 heteroatoms. The van der Waals surface area contributed by atoms with Gasteiger partial charge in [-0.05, 0) is 98.6 Å². The fraction of sp³-hybridized carbons (Fsp3) is 0.500. The molecule has 0 radical (unpaired) electrons.